The van der Waals surface area contributed by atoms with Crippen molar-refractivity contribution in [2.24, 2.45) is 0 Å². The van der Waals surface area contributed by atoms with Gasteiger partial charge in [-0.15, -0.1) is 0 Å². The molecule has 1 heterocycles. The third-order valence-corrected chi connectivity index (χ3v) is 6.87. The van der Waals surface area contributed by atoms with Crippen LogP contribution in [0.5, 0.6) is 11.5 Å². The number of hydrogen-bond acceptors (Lipinski definition) is 3. The van der Waals surface area contributed by atoms with E-state index in [2.05, 4.69) is 71.9 Å². The first kappa shape index (κ1) is 25.6. The normalized spacial score (nSPS) is 17.1. The fourth-order valence-electron chi connectivity index (χ4n) is 4.92. The SMILES string of the molecule is COc1ccc(C[N+]2(C[C@@H](O)COc3ccc(C(C)(C)C)cc3C(C)(C)C)CCCC2)cc1. The van der Waals surface area contributed by atoms with Crippen molar-refractivity contribution in [3.8, 4) is 11.5 Å². The molecule has 1 N–H and O–H groups in total. The fourth-order valence-corrected chi connectivity index (χ4v) is 4.92. The Kier molecular flexibility index (Phi) is 7.80. The van der Waals surface area contributed by atoms with Crippen molar-refractivity contribution < 1.29 is 19.1 Å². The highest BCUT2D eigenvalue weighted by Crippen LogP contribution is 2.35. The Morgan fingerprint density at radius 2 is 1.55 bits per heavy atom. The highest BCUT2D eigenvalue weighted by molar-refractivity contribution is 5.43. The topological polar surface area (TPSA) is 38.7 Å². The molecule has 0 aliphatic carbocycles. The zero-order valence-corrected chi connectivity index (χ0v) is 21.8. The predicted molar refractivity (Wildman–Crippen MR) is 136 cm³/mol. The number of benzene rings is 2. The van der Waals surface area contributed by atoms with Crippen LogP contribution in [0.2, 0.25) is 0 Å². The minimum atomic E-state index is -0.503. The van der Waals surface area contributed by atoms with E-state index in [0.29, 0.717) is 6.61 Å². The molecule has 1 saturated heterocycles. The molecule has 4 heteroatoms. The second kappa shape index (κ2) is 10.1. The molecule has 2 aromatic rings. The molecule has 3 rings (SSSR count). The van der Waals surface area contributed by atoms with E-state index in [1.54, 1.807) is 7.11 Å². The summed E-state index contributed by atoms with van der Waals surface area (Å²) < 4.78 is 12.5. The van der Waals surface area contributed by atoms with Gasteiger partial charge in [-0.3, -0.25) is 0 Å². The Bertz CT molecular complexity index is 900. The molecule has 0 unspecified atom stereocenters. The molecule has 0 spiro atoms. The Labute approximate surface area is 201 Å². The molecule has 0 radical (unpaired) electrons. The monoisotopic (exact) mass is 454 g/mol. The summed E-state index contributed by atoms with van der Waals surface area (Å²) in [4.78, 5) is 0. The molecule has 0 aromatic heterocycles. The summed E-state index contributed by atoms with van der Waals surface area (Å²) in [7, 11) is 1.70. The summed E-state index contributed by atoms with van der Waals surface area (Å²) in [6.45, 7) is 17.6. The van der Waals surface area contributed by atoms with Crippen LogP contribution in [0.1, 0.15) is 71.1 Å². The van der Waals surface area contributed by atoms with Gasteiger partial charge in [-0.2, -0.15) is 0 Å². The second-order valence-electron chi connectivity index (χ2n) is 11.9. The van der Waals surface area contributed by atoms with Crippen LogP contribution in [-0.2, 0) is 17.4 Å². The van der Waals surface area contributed by atoms with Crippen molar-refractivity contribution >= 4 is 0 Å². The molecular weight excluding hydrogens is 410 g/mol. The zero-order valence-electron chi connectivity index (χ0n) is 21.8. The van der Waals surface area contributed by atoms with Gasteiger partial charge in [0.1, 0.15) is 37.3 Å². The molecule has 0 bridgehead atoms. The van der Waals surface area contributed by atoms with Gasteiger partial charge < -0.3 is 19.1 Å². The molecule has 182 valence electrons. The maximum Gasteiger partial charge on any atom is 0.137 e. The van der Waals surface area contributed by atoms with Gasteiger partial charge in [-0.25, -0.2) is 0 Å². The Balaban J connectivity index is 1.69. The van der Waals surface area contributed by atoms with E-state index in [9.17, 15) is 5.11 Å². The van der Waals surface area contributed by atoms with Crippen LogP contribution >= 0.6 is 0 Å². The van der Waals surface area contributed by atoms with Crippen LogP contribution in [0.15, 0.2) is 42.5 Å². The number of likely N-dealkylation sites (tertiary alicyclic amines) is 1. The molecule has 0 saturated carbocycles. The fraction of sp³-hybridized carbons (Fsp3) is 0.586. The summed E-state index contributed by atoms with van der Waals surface area (Å²) in [5.74, 6) is 1.77. The van der Waals surface area contributed by atoms with E-state index < -0.39 is 6.10 Å². The van der Waals surface area contributed by atoms with Crippen LogP contribution in [0, 0.1) is 0 Å². The number of ether oxygens (including phenoxy) is 2. The van der Waals surface area contributed by atoms with E-state index >= 15 is 0 Å². The lowest BCUT2D eigenvalue weighted by Crippen LogP contribution is -2.50. The molecule has 1 fully saturated rings. The first-order valence-corrected chi connectivity index (χ1v) is 12.4. The predicted octanol–water partition coefficient (Wildman–Crippen LogP) is 5.84. The number of aliphatic hydroxyl groups excluding tert-OH is 1. The number of aliphatic hydroxyl groups is 1. The summed E-state index contributed by atoms with van der Waals surface area (Å²) in [5.41, 5.74) is 3.86. The molecule has 33 heavy (non-hydrogen) atoms. The Morgan fingerprint density at radius 3 is 2.09 bits per heavy atom. The Morgan fingerprint density at radius 1 is 0.909 bits per heavy atom. The third-order valence-electron chi connectivity index (χ3n) is 6.87. The summed E-state index contributed by atoms with van der Waals surface area (Å²) in [6.07, 6.45) is 1.93. The average Bonchev–Trinajstić information content (AvgIpc) is 3.19. The molecule has 4 nitrogen and oxygen atoms in total. The Hall–Kier alpha value is -2.04. The van der Waals surface area contributed by atoms with Crippen LogP contribution in [0.3, 0.4) is 0 Å². The van der Waals surface area contributed by atoms with Gasteiger partial charge in [0.2, 0.25) is 0 Å². The van der Waals surface area contributed by atoms with Crippen molar-refractivity contribution in [1.82, 2.24) is 0 Å². The smallest absolute Gasteiger partial charge is 0.137 e. The lowest BCUT2D eigenvalue weighted by atomic mass is 9.80. The maximum atomic E-state index is 11.0. The van der Waals surface area contributed by atoms with Crippen LogP contribution in [0.4, 0.5) is 0 Å². The molecule has 2 aromatic carbocycles. The maximum absolute atomic E-state index is 11.0. The van der Waals surface area contributed by atoms with E-state index in [0.717, 1.165) is 42.2 Å². The zero-order chi connectivity index (χ0) is 24.3. The van der Waals surface area contributed by atoms with E-state index in [-0.39, 0.29) is 10.8 Å². The molecular formula is C29H44NO3+. The summed E-state index contributed by atoms with van der Waals surface area (Å²) in [6, 6.07) is 14.9. The average molecular weight is 455 g/mol. The molecule has 1 aliphatic rings. The van der Waals surface area contributed by atoms with Crippen molar-refractivity contribution in [2.75, 3.05) is 33.4 Å². The number of rotatable bonds is 8. The van der Waals surface area contributed by atoms with E-state index in [1.165, 1.54) is 29.5 Å². The minimum Gasteiger partial charge on any atom is -0.497 e. The summed E-state index contributed by atoms with van der Waals surface area (Å²) >= 11 is 0. The number of nitrogens with zero attached hydrogens (tertiary/aromatic N) is 1. The standard InChI is InChI=1S/C29H44NO3/c1-28(2,3)23-12-15-27(26(18-23)29(4,5)6)33-21-24(31)20-30(16-8-9-17-30)19-22-10-13-25(32-7)14-11-22/h10-15,18,24,31H,8-9,16-17,19-21H2,1-7H3/q+1/t24-/m1/s1. The lowest BCUT2D eigenvalue weighted by Gasteiger charge is -2.36. The van der Waals surface area contributed by atoms with E-state index in [1.807, 2.05) is 12.1 Å². The number of hydrogen-bond donors (Lipinski definition) is 1. The largest absolute Gasteiger partial charge is 0.497 e. The summed E-state index contributed by atoms with van der Waals surface area (Å²) in [5, 5.41) is 11.0. The van der Waals surface area contributed by atoms with Crippen molar-refractivity contribution in [1.29, 1.82) is 0 Å². The first-order valence-electron chi connectivity index (χ1n) is 12.4. The minimum absolute atomic E-state index is 0.0291. The van der Waals surface area contributed by atoms with Gasteiger partial charge in [0, 0.05) is 18.4 Å². The number of methoxy groups -OCH3 is 1. The van der Waals surface area contributed by atoms with Gasteiger partial charge in [-0.05, 0) is 52.3 Å². The van der Waals surface area contributed by atoms with Crippen molar-refractivity contribution in [3.05, 3.63) is 59.2 Å². The quantitative estimate of drug-likeness (QED) is 0.509. The number of quaternary nitrogens is 1. The van der Waals surface area contributed by atoms with Gasteiger partial charge in [0.15, 0.2) is 0 Å². The van der Waals surface area contributed by atoms with Gasteiger partial charge in [0.25, 0.3) is 0 Å². The highest BCUT2D eigenvalue weighted by atomic mass is 16.5. The third kappa shape index (κ3) is 6.74. The van der Waals surface area contributed by atoms with Crippen LogP contribution in [-0.4, -0.2) is 49.0 Å². The molecule has 1 atom stereocenters. The molecule has 0 amide bonds. The van der Waals surface area contributed by atoms with Gasteiger partial charge in [-0.1, -0.05) is 53.7 Å². The van der Waals surface area contributed by atoms with Gasteiger partial charge >= 0.3 is 0 Å². The first-order chi connectivity index (χ1) is 15.4. The van der Waals surface area contributed by atoms with Crippen molar-refractivity contribution in [2.45, 2.75) is 77.9 Å². The molecule has 1 aliphatic heterocycles. The lowest BCUT2D eigenvalue weighted by molar-refractivity contribution is -0.932. The van der Waals surface area contributed by atoms with Crippen LogP contribution < -0.4 is 9.47 Å². The van der Waals surface area contributed by atoms with Crippen LogP contribution in [0.25, 0.3) is 0 Å². The van der Waals surface area contributed by atoms with Gasteiger partial charge in [0.05, 0.1) is 20.2 Å². The second-order valence-corrected chi connectivity index (χ2v) is 11.9. The van der Waals surface area contributed by atoms with E-state index in [4.69, 9.17) is 9.47 Å². The highest BCUT2D eigenvalue weighted by Gasteiger charge is 2.35. The van der Waals surface area contributed by atoms with Crippen molar-refractivity contribution in [3.63, 3.8) is 0 Å².